The number of rotatable bonds is 9. The molecule has 2 fully saturated rings. The number of pyridine rings is 1. The molecule has 218 valence electrons. The molecule has 0 aliphatic heterocycles. The summed E-state index contributed by atoms with van der Waals surface area (Å²) >= 11 is 0. The fourth-order valence-corrected chi connectivity index (χ4v) is 6.82. The van der Waals surface area contributed by atoms with Gasteiger partial charge in [-0.3, -0.25) is 14.7 Å². The standard InChI is InChI=1S/C34H43FN4O2/c1-22(2)37-19-27(18-36)29-15-32(38-20-30(29)35)39(33(40)24-8-6-5-7-9-24)21-34-13-12-28(26(16-34)17-34)25-10-11-31(41-4)23(3)14-25/h10-11,14-15,18-20,22,24H,5-9,12-13,16-17,21,36H2,1-4H3/b27-18+,37-19?. The molecule has 1 heterocycles. The average molecular weight is 559 g/mol. The zero-order valence-corrected chi connectivity index (χ0v) is 24.9. The van der Waals surface area contributed by atoms with Crippen LogP contribution in [0.1, 0.15) is 88.3 Å². The van der Waals surface area contributed by atoms with Crippen molar-refractivity contribution in [1.29, 1.82) is 0 Å². The third-order valence-corrected chi connectivity index (χ3v) is 9.09. The van der Waals surface area contributed by atoms with E-state index < -0.39 is 5.82 Å². The van der Waals surface area contributed by atoms with Crippen molar-refractivity contribution in [2.24, 2.45) is 22.1 Å². The Bertz CT molecular complexity index is 1380. The molecule has 6 nitrogen and oxygen atoms in total. The van der Waals surface area contributed by atoms with E-state index in [-0.39, 0.29) is 23.3 Å². The van der Waals surface area contributed by atoms with Crippen LogP contribution < -0.4 is 15.4 Å². The molecule has 7 heteroatoms. The molecule has 4 aliphatic rings. The fraction of sp³-hybridized carbons (Fsp3) is 0.500. The van der Waals surface area contributed by atoms with E-state index in [4.69, 9.17) is 10.5 Å². The van der Waals surface area contributed by atoms with Crippen LogP contribution in [-0.4, -0.2) is 36.8 Å². The highest BCUT2D eigenvalue weighted by molar-refractivity contribution is 6.10. The van der Waals surface area contributed by atoms with Crippen molar-refractivity contribution >= 4 is 29.1 Å². The predicted molar refractivity (Wildman–Crippen MR) is 164 cm³/mol. The van der Waals surface area contributed by atoms with Crippen LogP contribution in [-0.2, 0) is 4.79 Å². The summed E-state index contributed by atoms with van der Waals surface area (Å²) in [6.45, 7) is 6.59. The first-order chi connectivity index (χ1) is 19.7. The van der Waals surface area contributed by atoms with E-state index >= 15 is 4.39 Å². The number of nitrogens with zero attached hydrogens (tertiary/aromatic N) is 3. The third kappa shape index (κ3) is 6.09. The molecule has 41 heavy (non-hydrogen) atoms. The molecule has 0 radical (unpaired) electrons. The Morgan fingerprint density at radius 1 is 1.24 bits per heavy atom. The maximum Gasteiger partial charge on any atom is 0.231 e. The number of aromatic nitrogens is 1. The third-order valence-electron chi connectivity index (χ3n) is 9.09. The quantitative estimate of drug-likeness (QED) is 0.329. The van der Waals surface area contributed by atoms with Gasteiger partial charge >= 0.3 is 0 Å². The van der Waals surface area contributed by atoms with E-state index in [0.717, 1.165) is 62.7 Å². The minimum Gasteiger partial charge on any atom is -0.496 e. The molecule has 4 aliphatic carbocycles. The number of hydrogen-bond donors (Lipinski definition) is 1. The highest BCUT2D eigenvalue weighted by Crippen LogP contribution is 2.58. The molecule has 1 amide bonds. The Kier molecular flexibility index (Phi) is 8.62. The van der Waals surface area contributed by atoms with Gasteiger partial charge in [0.2, 0.25) is 5.91 Å². The number of fused-ring (bicyclic) bond motifs is 2. The molecule has 0 atom stereocenters. The minimum atomic E-state index is -0.477. The molecule has 6 rings (SSSR count). The molecule has 0 spiro atoms. The molecule has 2 bridgehead atoms. The van der Waals surface area contributed by atoms with E-state index in [0.29, 0.717) is 23.5 Å². The average Bonchev–Trinajstić information content (AvgIpc) is 2.96. The summed E-state index contributed by atoms with van der Waals surface area (Å²) in [6.07, 6.45) is 13.3. The van der Waals surface area contributed by atoms with E-state index in [1.54, 1.807) is 19.4 Å². The van der Waals surface area contributed by atoms with Crippen molar-refractivity contribution < 1.29 is 13.9 Å². The van der Waals surface area contributed by atoms with Crippen molar-refractivity contribution in [2.75, 3.05) is 18.6 Å². The monoisotopic (exact) mass is 558 g/mol. The Hall–Kier alpha value is -3.48. The highest BCUT2D eigenvalue weighted by atomic mass is 19.1. The van der Waals surface area contributed by atoms with Crippen LogP contribution in [0, 0.1) is 24.1 Å². The molecule has 1 aromatic heterocycles. The van der Waals surface area contributed by atoms with Gasteiger partial charge in [-0.25, -0.2) is 9.37 Å². The Labute approximate surface area is 243 Å². The minimum absolute atomic E-state index is 0.0148. The second-order valence-corrected chi connectivity index (χ2v) is 12.4. The van der Waals surface area contributed by atoms with Gasteiger partial charge in [-0.2, -0.15) is 0 Å². The van der Waals surface area contributed by atoms with Gasteiger partial charge in [0.25, 0.3) is 0 Å². The van der Waals surface area contributed by atoms with Gasteiger partial charge in [0, 0.05) is 42.1 Å². The van der Waals surface area contributed by atoms with Gasteiger partial charge in [-0.05, 0) is 99.6 Å². The Morgan fingerprint density at radius 3 is 2.61 bits per heavy atom. The number of allylic oxidation sites excluding steroid dienone is 3. The van der Waals surface area contributed by atoms with E-state index in [1.807, 2.05) is 18.7 Å². The number of nitrogens with two attached hydrogens (primary N) is 1. The maximum absolute atomic E-state index is 15.0. The van der Waals surface area contributed by atoms with Gasteiger partial charge in [-0.1, -0.05) is 30.9 Å². The lowest BCUT2D eigenvalue weighted by atomic mass is 9.56. The summed E-state index contributed by atoms with van der Waals surface area (Å²) in [5, 5.41) is 0. The van der Waals surface area contributed by atoms with E-state index in [2.05, 4.69) is 35.1 Å². The molecular weight excluding hydrogens is 515 g/mol. The molecule has 0 unspecified atom stereocenters. The van der Waals surface area contributed by atoms with Crippen molar-refractivity contribution in [3.8, 4) is 5.75 Å². The lowest BCUT2D eigenvalue weighted by molar-refractivity contribution is -0.123. The summed E-state index contributed by atoms with van der Waals surface area (Å²) in [6, 6.07) is 8.17. The van der Waals surface area contributed by atoms with Crippen molar-refractivity contribution in [1.82, 2.24) is 4.98 Å². The van der Waals surface area contributed by atoms with E-state index in [9.17, 15) is 4.79 Å². The van der Waals surface area contributed by atoms with Gasteiger partial charge < -0.3 is 10.5 Å². The summed E-state index contributed by atoms with van der Waals surface area (Å²) in [4.78, 5) is 24.8. The summed E-state index contributed by atoms with van der Waals surface area (Å²) in [7, 11) is 1.70. The summed E-state index contributed by atoms with van der Waals surface area (Å²) in [5.41, 5.74) is 12.0. The number of ether oxygens (including phenoxy) is 1. The number of amides is 1. The van der Waals surface area contributed by atoms with Crippen molar-refractivity contribution in [2.45, 2.75) is 84.6 Å². The molecule has 0 saturated heterocycles. The number of halogens is 1. The van der Waals surface area contributed by atoms with Crippen molar-refractivity contribution in [3.63, 3.8) is 0 Å². The number of hydrogen-bond acceptors (Lipinski definition) is 5. The van der Waals surface area contributed by atoms with Crippen LogP contribution in [0.4, 0.5) is 10.2 Å². The molecule has 2 saturated carbocycles. The molecule has 2 aromatic rings. The van der Waals surface area contributed by atoms with Crippen LogP contribution in [0.3, 0.4) is 0 Å². The topological polar surface area (TPSA) is 80.8 Å². The predicted octanol–water partition coefficient (Wildman–Crippen LogP) is 7.26. The first kappa shape index (κ1) is 29.0. The number of anilines is 1. The number of aliphatic imine (C=N–C) groups is 1. The second-order valence-electron chi connectivity index (χ2n) is 12.4. The van der Waals surface area contributed by atoms with E-state index in [1.165, 1.54) is 35.5 Å². The molecular formula is C34H43FN4O2. The van der Waals surface area contributed by atoms with Crippen LogP contribution in [0.5, 0.6) is 5.75 Å². The first-order valence-electron chi connectivity index (χ1n) is 15.0. The second kappa shape index (κ2) is 12.2. The maximum atomic E-state index is 15.0. The highest BCUT2D eigenvalue weighted by Gasteiger charge is 2.47. The Morgan fingerprint density at radius 2 is 2.00 bits per heavy atom. The van der Waals surface area contributed by atoms with Crippen LogP contribution in [0.15, 0.2) is 47.2 Å². The first-order valence-corrected chi connectivity index (χ1v) is 15.0. The van der Waals surface area contributed by atoms with Gasteiger partial charge in [0.15, 0.2) is 0 Å². The lowest BCUT2D eigenvalue weighted by Gasteiger charge is -2.52. The number of carbonyl (C=O) groups excluding carboxylic acids is 1. The largest absolute Gasteiger partial charge is 0.496 e. The lowest BCUT2D eigenvalue weighted by Crippen LogP contribution is -2.50. The zero-order chi connectivity index (χ0) is 29.1. The number of methoxy groups -OCH3 is 1. The molecule has 2 N–H and O–H groups in total. The van der Waals surface area contributed by atoms with Gasteiger partial charge in [-0.15, -0.1) is 0 Å². The number of carbonyl (C=O) groups is 1. The number of benzene rings is 1. The van der Waals surface area contributed by atoms with Gasteiger partial charge in [0.1, 0.15) is 17.4 Å². The molecule has 1 aromatic carbocycles. The van der Waals surface area contributed by atoms with Crippen LogP contribution in [0.25, 0.3) is 11.1 Å². The van der Waals surface area contributed by atoms with Crippen LogP contribution in [0.2, 0.25) is 0 Å². The zero-order valence-electron chi connectivity index (χ0n) is 24.9. The SMILES string of the molecule is COc1ccc(C2=C3CC(CN(C(=O)C4CCCCC4)c4cc(/C(C=NC(C)C)=C/N)c(F)cn4)(CC2)C3)cc1C. The Balaban J connectivity index is 1.44. The summed E-state index contributed by atoms with van der Waals surface area (Å²) in [5.74, 6) is 1.03. The smallest absolute Gasteiger partial charge is 0.231 e. The number of aryl methyl sites for hydroxylation is 1. The van der Waals surface area contributed by atoms with Crippen molar-refractivity contribution in [3.05, 3.63) is 64.7 Å². The summed E-state index contributed by atoms with van der Waals surface area (Å²) < 4.78 is 20.5. The van der Waals surface area contributed by atoms with Gasteiger partial charge in [0.05, 0.1) is 13.3 Å². The fourth-order valence-electron chi connectivity index (χ4n) is 6.82. The van der Waals surface area contributed by atoms with Crippen LogP contribution >= 0.6 is 0 Å². The normalized spacial score (nSPS) is 19.0.